The molecule has 1 aromatic carbocycles. The summed E-state index contributed by atoms with van der Waals surface area (Å²) in [6.45, 7) is 0.965. The number of urea groups is 1. The predicted octanol–water partition coefficient (Wildman–Crippen LogP) is 2.17. The fourth-order valence-electron chi connectivity index (χ4n) is 2.51. The largest absolute Gasteiger partial charge is 0.481 e. The smallest absolute Gasteiger partial charge is 0.321 e. The van der Waals surface area contributed by atoms with Gasteiger partial charge in [-0.3, -0.25) is 9.78 Å². The normalized spacial score (nSPS) is 14.8. The molecule has 21 heavy (non-hydrogen) atoms. The first kappa shape index (κ1) is 13.4. The van der Waals surface area contributed by atoms with Crippen molar-refractivity contribution in [3.8, 4) is 0 Å². The summed E-state index contributed by atoms with van der Waals surface area (Å²) in [5.74, 6) is -0.766. The number of carboxylic acid groups (broad SMARTS) is 1. The average Bonchev–Trinajstić information content (AvgIpc) is 2.42. The number of nitrogens with one attached hydrogen (secondary N) is 1. The van der Waals surface area contributed by atoms with Crippen LogP contribution in [0, 0.1) is 5.92 Å². The van der Waals surface area contributed by atoms with E-state index >= 15 is 0 Å². The first-order valence-corrected chi connectivity index (χ1v) is 6.75. The number of aromatic nitrogens is 1. The number of rotatable bonds is 3. The number of carbonyl (C=O) groups excluding carboxylic acids is 1. The maximum atomic E-state index is 12.1. The zero-order chi connectivity index (χ0) is 14.8. The minimum Gasteiger partial charge on any atom is -0.481 e. The third kappa shape index (κ3) is 2.79. The number of carbonyl (C=O) groups is 2. The van der Waals surface area contributed by atoms with Crippen molar-refractivity contribution in [3.05, 3.63) is 36.5 Å². The highest BCUT2D eigenvalue weighted by Gasteiger charge is 2.32. The van der Waals surface area contributed by atoms with Gasteiger partial charge in [0, 0.05) is 30.6 Å². The summed E-state index contributed by atoms with van der Waals surface area (Å²) < 4.78 is 0. The third-order valence-corrected chi connectivity index (χ3v) is 3.58. The SMILES string of the molecule is O=C(O)CC1CN(C(=O)Nc2cccc3cccnc23)C1. The second-order valence-electron chi connectivity index (χ2n) is 5.18. The van der Waals surface area contributed by atoms with E-state index in [2.05, 4.69) is 10.3 Å². The van der Waals surface area contributed by atoms with E-state index in [0.717, 1.165) is 10.9 Å². The molecule has 6 heteroatoms. The minimum atomic E-state index is -0.821. The number of likely N-dealkylation sites (tertiary alicyclic amines) is 1. The Hall–Kier alpha value is -2.63. The van der Waals surface area contributed by atoms with Crippen LogP contribution in [-0.4, -0.2) is 40.1 Å². The van der Waals surface area contributed by atoms with E-state index in [-0.39, 0.29) is 18.4 Å². The number of anilines is 1. The Bertz CT molecular complexity index is 690. The molecule has 0 unspecified atom stereocenters. The number of benzene rings is 1. The van der Waals surface area contributed by atoms with Gasteiger partial charge in [0.2, 0.25) is 0 Å². The highest BCUT2D eigenvalue weighted by atomic mass is 16.4. The van der Waals surface area contributed by atoms with Crippen LogP contribution in [0.2, 0.25) is 0 Å². The van der Waals surface area contributed by atoms with E-state index < -0.39 is 5.97 Å². The summed E-state index contributed by atoms with van der Waals surface area (Å²) in [4.78, 5) is 28.6. The Morgan fingerprint density at radius 1 is 1.29 bits per heavy atom. The second kappa shape index (κ2) is 5.40. The summed E-state index contributed by atoms with van der Waals surface area (Å²) in [7, 11) is 0. The van der Waals surface area contributed by atoms with Crippen molar-refractivity contribution < 1.29 is 14.7 Å². The Balaban J connectivity index is 1.67. The molecule has 3 rings (SSSR count). The Morgan fingerprint density at radius 3 is 2.81 bits per heavy atom. The molecule has 108 valence electrons. The molecule has 2 amide bonds. The summed E-state index contributed by atoms with van der Waals surface area (Å²) in [6.07, 6.45) is 1.80. The lowest BCUT2D eigenvalue weighted by atomic mass is 9.97. The van der Waals surface area contributed by atoms with Crippen LogP contribution in [0.25, 0.3) is 10.9 Å². The van der Waals surface area contributed by atoms with Crippen LogP contribution in [0.5, 0.6) is 0 Å². The maximum absolute atomic E-state index is 12.1. The summed E-state index contributed by atoms with van der Waals surface area (Å²) in [5.41, 5.74) is 1.41. The summed E-state index contributed by atoms with van der Waals surface area (Å²) >= 11 is 0. The lowest BCUT2D eigenvalue weighted by molar-refractivity contribution is -0.139. The van der Waals surface area contributed by atoms with Crippen LogP contribution < -0.4 is 5.32 Å². The number of amides is 2. The molecule has 0 saturated carbocycles. The van der Waals surface area contributed by atoms with E-state index in [1.807, 2.05) is 30.3 Å². The standard InChI is InChI=1S/C15H15N3O3/c19-13(20)7-10-8-18(9-10)15(21)17-12-5-1-3-11-4-2-6-16-14(11)12/h1-6,10H,7-9H2,(H,17,21)(H,19,20). The van der Waals surface area contributed by atoms with Crippen LogP contribution >= 0.6 is 0 Å². The van der Waals surface area contributed by atoms with Crippen LogP contribution in [0.15, 0.2) is 36.5 Å². The molecular weight excluding hydrogens is 270 g/mol. The van der Waals surface area contributed by atoms with E-state index in [1.165, 1.54) is 0 Å². The Morgan fingerprint density at radius 2 is 2.05 bits per heavy atom. The van der Waals surface area contributed by atoms with Crippen LogP contribution in [-0.2, 0) is 4.79 Å². The fourth-order valence-corrected chi connectivity index (χ4v) is 2.51. The number of carboxylic acids is 1. The topological polar surface area (TPSA) is 82.5 Å². The first-order chi connectivity index (χ1) is 10.1. The highest BCUT2D eigenvalue weighted by Crippen LogP contribution is 2.23. The molecular formula is C15H15N3O3. The van der Waals surface area contributed by atoms with Gasteiger partial charge in [-0.15, -0.1) is 0 Å². The van der Waals surface area contributed by atoms with Crippen molar-refractivity contribution in [3.63, 3.8) is 0 Å². The van der Waals surface area contributed by atoms with Crippen molar-refractivity contribution in [2.75, 3.05) is 18.4 Å². The molecule has 0 bridgehead atoms. The van der Waals surface area contributed by atoms with E-state index in [4.69, 9.17) is 5.11 Å². The third-order valence-electron chi connectivity index (χ3n) is 3.58. The number of hydrogen-bond donors (Lipinski definition) is 2. The van der Waals surface area contributed by atoms with Crippen LogP contribution in [0.1, 0.15) is 6.42 Å². The predicted molar refractivity (Wildman–Crippen MR) is 78.1 cm³/mol. The Kier molecular flexibility index (Phi) is 3.43. The number of fused-ring (bicyclic) bond motifs is 1. The summed E-state index contributed by atoms with van der Waals surface area (Å²) in [6, 6.07) is 9.18. The number of pyridine rings is 1. The number of para-hydroxylation sites is 1. The molecule has 2 aromatic rings. The molecule has 2 heterocycles. The van der Waals surface area contributed by atoms with Crippen LogP contribution in [0.4, 0.5) is 10.5 Å². The zero-order valence-electron chi connectivity index (χ0n) is 11.3. The van der Waals surface area contributed by atoms with Gasteiger partial charge in [0.05, 0.1) is 17.6 Å². The lowest BCUT2D eigenvalue weighted by Crippen LogP contribution is -2.52. The molecule has 1 saturated heterocycles. The van der Waals surface area contributed by atoms with Crippen molar-refractivity contribution in [1.29, 1.82) is 0 Å². The van der Waals surface area contributed by atoms with Gasteiger partial charge in [0.15, 0.2) is 0 Å². The highest BCUT2D eigenvalue weighted by molar-refractivity contribution is 5.99. The molecule has 0 radical (unpaired) electrons. The molecule has 0 atom stereocenters. The van der Waals surface area contributed by atoms with Crippen molar-refractivity contribution in [2.24, 2.45) is 5.92 Å². The minimum absolute atomic E-state index is 0.0545. The number of aliphatic carboxylic acids is 1. The van der Waals surface area contributed by atoms with Gasteiger partial charge in [-0.1, -0.05) is 18.2 Å². The van der Waals surface area contributed by atoms with Crippen molar-refractivity contribution >= 4 is 28.6 Å². The molecule has 1 aliphatic heterocycles. The quantitative estimate of drug-likeness (QED) is 0.905. The van der Waals surface area contributed by atoms with Gasteiger partial charge in [-0.2, -0.15) is 0 Å². The van der Waals surface area contributed by atoms with Gasteiger partial charge < -0.3 is 15.3 Å². The van der Waals surface area contributed by atoms with E-state index in [0.29, 0.717) is 18.8 Å². The van der Waals surface area contributed by atoms with Gasteiger partial charge in [-0.05, 0) is 12.1 Å². The molecule has 0 spiro atoms. The van der Waals surface area contributed by atoms with Gasteiger partial charge in [-0.25, -0.2) is 4.79 Å². The lowest BCUT2D eigenvalue weighted by Gasteiger charge is -2.38. The monoisotopic (exact) mass is 285 g/mol. The molecule has 2 N–H and O–H groups in total. The first-order valence-electron chi connectivity index (χ1n) is 6.75. The zero-order valence-corrected chi connectivity index (χ0v) is 11.3. The van der Waals surface area contributed by atoms with Gasteiger partial charge in [0.1, 0.15) is 0 Å². The van der Waals surface area contributed by atoms with E-state index in [9.17, 15) is 9.59 Å². The fraction of sp³-hybridized carbons (Fsp3) is 0.267. The number of nitrogens with zero attached hydrogens (tertiary/aromatic N) is 2. The maximum Gasteiger partial charge on any atom is 0.321 e. The molecule has 1 fully saturated rings. The van der Waals surface area contributed by atoms with E-state index in [1.54, 1.807) is 11.1 Å². The molecule has 0 aliphatic carbocycles. The average molecular weight is 285 g/mol. The molecule has 6 nitrogen and oxygen atoms in total. The molecule has 1 aromatic heterocycles. The molecule has 1 aliphatic rings. The second-order valence-corrected chi connectivity index (χ2v) is 5.18. The van der Waals surface area contributed by atoms with Crippen molar-refractivity contribution in [2.45, 2.75) is 6.42 Å². The summed E-state index contributed by atoms with van der Waals surface area (Å²) in [5, 5.41) is 12.5. The Labute approximate surface area is 121 Å². The van der Waals surface area contributed by atoms with Crippen LogP contribution in [0.3, 0.4) is 0 Å². The van der Waals surface area contributed by atoms with Crippen molar-refractivity contribution in [1.82, 2.24) is 9.88 Å². The number of hydrogen-bond acceptors (Lipinski definition) is 3. The van der Waals surface area contributed by atoms with Gasteiger partial charge >= 0.3 is 12.0 Å². The van der Waals surface area contributed by atoms with Gasteiger partial charge in [0.25, 0.3) is 0 Å².